The highest BCUT2D eigenvalue weighted by atomic mass is 14.6. The van der Waals surface area contributed by atoms with Crippen LogP contribution in [0.1, 0.15) is 16.7 Å². The number of hydrogen-bond acceptors (Lipinski definition) is 2. The van der Waals surface area contributed by atoms with E-state index in [-0.39, 0.29) is 0 Å². The first-order valence-corrected chi connectivity index (χ1v) is 4.77. The van der Waals surface area contributed by atoms with E-state index in [1.54, 1.807) is 18.5 Å². The normalized spacial score (nSPS) is 9.53. The van der Waals surface area contributed by atoms with Crippen LogP contribution in [0.2, 0.25) is 0 Å². The Morgan fingerprint density at radius 3 is 2.67 bits per heavy atom. The molecule has 1 aromatic carbocycles. The predicted octanol–water partition coefficient (Wildman–Crippen LogP) is 2.54. The van der Waals surface area contributed by atoms with Gasteiger partial charge in [-0.05, 0) is 17.2 Å². The molecule has 0 spiro atoms. The first-order chi connectivity index (χ1) is 7.40. The average Bonchev–Trinajstić information content (AvgIpc) is 2.31. The quantitative estimate of drug-likeness (QED) is 0.736. The van der Waals surface area contributed by atoms with Crippen molar-refractivity contribution in [3.05, 3.63) is 65.5 Å². The first-order valence-electron chi connectivity index (χ1n) is 4.77. The highest BCUT2D eigenvalue weighted by Crippen LogP contribution is 2.11. The maximum absolute atomic E-state index is 8.92. The van der Waals surface area contributed by atoms with Crippen molar-refractivity contribution in [2.24, 2.45) is 0 Å². The van der Waals surface area contributed by atoms with E-state index >= 15 is 0 Å². The largest absolute Gasteiger partial charge is 0.264 e. The van der Waals surface area contributed by atoms with Gasteiger partial charge >= 0.3 is 0 Å². The molecule has 0 saturated carbocycles. The highest BCUT2D eigenvalue weighted by Gasteiger charge is 2.01. The van der Waals surface area contributed by atoms with Crippen molar-refractivity contribution < 1.29 is 0 Å². The zero-order chi connectivity index (χ0) is 10.5. The summed E-state index contributed by atoms with van der Waals surface area (Å²) in [6.45, 7) is 0. The van der Waals surface area contributed by atoms with E-state index in [2.05, 4.69) is 11.1 Å². The second-order valence-corrected chi connectivity index (χ2v) is 3.31. The lowest BCUT2D eigenvalue weighted by molar-refractivity contribution is 1.13. The number of hydrogen-bond donors (Lipinski definition) is 0. The molecule has 0 N–H and O–H groups in total. The Hall–Kier alpha value is -2.14. The predicted molar refractivity (Wildman–Crippen MR) is 58.2 cm³/mol. The molecule has 0 fully saturated rings. The molecule has 1 aromatic heterocycles. The molecule has 0 bridgehead atoms. The molecule has 72 valence electrons. The molecule has 2 rings (SSSR count). The Morgan fingerprint density at radius 2 is 1.93 bits per heavy atom. The van der Waals surface area contributed by atoms with E-state index in [1.807, 2.05) is 30.3 Å². The second kappa shape index (κ2) is 4.39. The van der Waals surface area contributed by atoms with Gasteiger partial charge in [0.25, 0.3) is 0 Å². The Bertz CT molecular complexity index is 483. The molecule has 2 aromatic rings. The summed E-state index contributed by atoms with van der Waals surface area (Å²) in [5.41, 5.74) is 2.88. The third-order valence-electron chi connectivity index (χ3n) is 2.26. The van der Waals surface area contributed by atoms with Gasteiger partial charge in [-0.25, -0.2) is 0 Å². The molecule has 0 aliphatic heterocycles. The first kappa shape index (κ1) is 9.42. The van der Waals surface area contributed by atoms with Crippen LogP contribution in [-0.2, 0) is 6.42 Å². The van der Waals surface area contributed by atoms with Crippen LogP contribution in [-0.4, -0.2) is 4.98 Å². The van der Waals surface area contributed by atoms with Gasteiger partial charge in [0.15, 0.2) is 0 Å². The monoisotopic (exact) mass is 194 g/mol. The van der Waals surface area contributed by atoms with E-state index in [4.69, 9.17) is 5.26 Å². The summed E-state index contributed by atoms with van der Waals surface area (Å²) in [5.74, 6) is 0. The van der Waals surface area contributed by atoms with Gasteiger partial charge in [0.05, 0.1) is 11.6 Å². The standard InChI is InChI=1S/C13H10N2/c14-9-12-6-7-15-10-13(12)8-11-4-2-1-3-5-11/h1-7,10H,8H2. The lowest BCUT2D eigenvalue weighted by atomic mass is 10.0. The van der Waals surface area contributed by atoms with E-state index in [0.717, 1.165) is 12.0 Å². The molecule has 0 amide bonds. The van der Waals surface area contributed by atoms with E-state index in [0.29, 0.717) is 5.56 Å². The summed E-state index contributed by atoms with van der Waals surface area (Å²) in [4.78, 5) is 4.04. The number of rotatable bonds is 2. The molecule has 0 radical (unpaired) electrons. The lowest BCUT2D eigenvalue weighted by Gasteiger charge is -2.02. The fraction of sp³-hybridized carbons (Fsp3) is 0.0769. The smallest absolute Gasteiger partial charge is 0.0995 e. The van der Waals surface area contributed by atoms with Gasteiger partial charge in [-0.2, -0.15) is 5.26 Å². The summed E-state index contributed by atoms with van der Waals surface area (Å²) in [6.07, 6.45) is 4.16. The third kappa shape index (κ3) is 2.21. The molecule has 0 unspecified atom stereocenters. The van der Waals surface area contributed by atoms with Crippen molar-refractivity contribution in [2.45, 2.75) is 6.42 Å². The topological polar surface area (TPSA) is 36.7 Å². The summed E-state index contributed by atoms with van der Waals surface area (Å²) < 4.78 is 0. The maximum atomic E-state index is 8.92. The molecule has 2 nitrogen and oxygen atoms in total. The molecule has 0 aliphatic rings. The summed E-state index contributed by atoms with van der Waals surface area (Å²) >= 11 is 0. The van der Waals surface area contributed by atoms with Crippen LogP contribution in [0, 0.1) is 11.3 Å². The SMILES string of the molecule is N#Cc1ccncc1Cc1ccccc1. The lowest BCUT2D eigenvalue weighted by Crippen LogP contribution is -1.92. The third-order valence-corrected chi connectivity index (χ3v) is 2.26. The van der Waals surface area contributed by atoms with Crippen molar-refractivity contribution >= 4 is 0 Å². The Balaban J connectivity index is 2.29. The average molecular weight is 194 g/mol. The van der Waals surface area contributed by atoms with E-state index in [9.17, 15) is 0 Å². The van der Waals surface area contributed by atoms with E-state index in [1.165, 1.54) is 5.56 Å². The van der Waals surface area contributed by atoms with Crippen LogP contribution in [0.3, 0.4) is 0 Å². The van der Waals surface area contributed by atoms with Gasteiger partial charge in [-0.3, -0.25) is 4.98 Å². The summed E-state index contributed by atoms with van der Waals surface area (Å²) in [6, 6.07) is 14.0. The highest BCUT2D eigenvalue weighted by molar-refractivity contribution is 5.38. The van der Waals surface area contributed by atoms with Crippen molar-refractivity contribution in [3.63, 3.8) is 0 Å². The van der Waals surface area contributed by atoms with Crippen molar-refractivity contribution in [1.29, 1.82) is 5.26 Å². The van der Waals surface area contributed by atoms with Crippen LogP contribution < -0.4 is 0 Å². The van der Waals surface area contributed by atoms with Gasteiger partial charge < -0.3 is 0 Å². The van der Waals surface area contributed by atoms with Crippen LogP contribution in [0.25, 0.3) is 0 Å². The molecule has 1 heterocycles. The second-order valence-electron chi connectivity index (χ2n) is 3.31. The van der Waals surface area contributed by atoms with E-state index < -0.39 is 0 Å². The minimum absolute atomic E-state index is 0.703. The molecule has 0 saturated heterocycles. The van der Waals surface area contributed by atoms with Gasteiger partial charge in [-0.1, -0.05) is 30.3 Å². The number of nitrogens with zero attached hydrogens (tertiary/aromatic N) is 2. The van der Waals surface area contributed by atoms with Crippen molar-refractivity contribution in [3.8, 4) is 6.07 Å². The number of nitriles is 1. The molecule has 0 aliphatic carbocycles. The fourth-order valence-corrected chi connectivity index (χ4v) is 1.49. The van der Waals surface area contributed by atoms with Crippen molar-refractivity contribution in [1.82, 2.24) is 4.98 Å². The minimum Gasteiger partial charge on any atom is -0.264 e. The number of aromatic nitrogens is 1. The molecular weight excluding hydrogens is 184 g/mol. The van der Waals surface area contributed by atoms with Gasteiger partial charge in [0.1, 0.15) is 0 Å². The van der Waals surface area contributed by atoms with Crippen LogP contribution in [0.15, 0.2) is 48.8 Å². The summed E-state index contributed by atoms with van der Waals surface area (Å²) in [7, 11) is 0. The van der Waals surface area contributed by atoms with Crippen molar-refractivity contribution in [2.75, 3.05) is 0 Å². The number of pyridine rings is 1. The van der Waals surface area contributed by atoms with Gasteiger partial charge in [0, 0.05) is 18.8 Å². The van der Waals surface area contributed by atoms with Gasteiger partial charge in [-0.15, -0.1) is 0 Å². The Labute approximate surface area is 88.8 Å². The zero-order valence-electron chi connectivity index (χ0n) is 8.22. The molecule has 15 heavy (non-hydrogen) atoms. The molecule has 2 heteroatoms. The van der Waals surface area contributed by atoms with Gasteiger partial charge in [0.2, 0.25) is 0 Å². The van der Waals surface area contributed by atoms with Crippen LogP contribution in [0.4, 0.5) is 0 Å². The van der Waals surface area contributed by atoms with Crippen LogP contribution in [0.5, 0.6) is 0 Å². The Morgan fingerprint density at radius 1 is 1.13 bits per heavy atom. The number of benzene rings is 1. The molecule has 0 atom stereocenters. The Kier molecular flexibility index (Phi) is 2.75. The van der Waals surface area contributed by atoms with Crippen LogP contribution >= 0.6 is 0 Å². The fourth-order valence-electron chi connectivity index (χ4n) is 1.49. The molecular formula is C13H10N2. The summed E-state index contributed by atoms with van der Waals surface area (Å²) in [5, 5.41) is 8.92. The minimum atomic E-state index is 0.703. The maximum Gasteiger partial charge on any atom is 0.0995 e. The zero-order valence-corrected chi connectivity index (χ0v) is 8.22.